The first-order chi connectivity index (χ1) is 14.0. The largest absolute Gasteiger partial charge is 0.354 e. The van der Waals surface area contributed by atoms with Gasteiger partial charge in [-0.1, -0.05) is 23.7 Å². The number of fused-ring (bicyclic) bond motifs is 2. The van der Waals surface area contributed by atoms with Crippen LogP contribution in [-0.4, -0.2) is 39.9 Å². The number of benzene rings is 2. The van der Waals surface area contributed by atoms with Crippen LogP contribution in [0, 0.1) is 0 Å². The van der Waals surface area contributed by atoms with E-state index >= 15 is 0 Å². The van der Waals surface area contributed by atoms with E-state index in [-0.39, 0.29) is 18.2 Å². The molecule has 1 atom stereocenters. The van der Waals surface area contributed by atoms with Crippen molar-refractivity contribution in [1.29, 1.82) is 0 Å². The summed E-state index contributed by atoms with van der Waals surface area (Å²) in [5, 5.41) is 8.68. The van der Waals surface area contributed by atoms with E-state index in [1.165, 1.54) is 0 Å². The number of nitrogens with one attached hydrogen (secondary N) is 3. The summed E-state index contributed by atoms with van der Waals surface area (Å²) in [5.41, 5.74) is 2.50. The zero-order valence-electron chi connectivity index (χ0n) is 15.3. The lowest BCUT2D eigenvalue weighted by Crippen LogP contribution is -2.44. The van der Waals surface area contributed by atoms with Crippen LogP contribution in [0.3, 0.4) is 0 Å². The van der Waals surface area contributed by atoms with Gasteiger partial charge in [-0.05, 0) is 30.3 Å². The van der Waals surface area contributed by atoms with Crippen molar-refractivity contribution in [1.82, 2.24) is 20.2 Å². The Hall–Kier alpha value is -3.39. The summed E-state index contributed by atoms with van der Waals surface area (Å²) in [4.78, 5) is 41.3. The summed E-state index contributed by atoms with van der Waals surface area (Å²) >= 11 is 5.96. The number of imidazole rings is 1. The van der Waals surface area contributed by atoms with Crippen LogP contribution in [0.4, 0.5) is 5.69 Å². The van der Waals surface area contributed by atoms with Gasteiger partial charge in [-0.25, -0.2) is 4.98 Å². The first-order valence-electron chi connectivity index (χ1n) is 9.09. The molecule has 0 bridgehead atoms. The lowest BCUT2D eigenvalue weighted by molar-refractivity contribution is -0.125. The SMILES string of the molecule is O=C(C[C@H]1NC(=O)c2ccccc2NC1=O)NCCn1cnc2cc(Cl)ccc21. The van der Waals surface area contributed by atoms with E-state index in [0.717, 1.165) is 11.0 Å². The molecule has 148 valence electrons. The number of hydrogen-bond donors (Lipinski definition) is 3. The van der Waals surface area contributed by atoms with Gasteiger partial charge in [-0.2, -0.15) is 0 Å². The minimum atomic E-state index is -0.939. The maximum Gasteiger partial charge on any atom is 0.254 e. The minimum absolute atomic E-state index is 0.147. The molecular weight excluding hydrogens is 394 g/mol. The molecule has 3 aromatic rings. The van der Waals surface area contributed by atoms with Crippen molar-refractivity contribution in [3.63, 3.8) is 0 Å². The van der Waals surface area contributed by atoms with Crippen LogP contribution < -0.4 is 16.0 Å². The molecule has 4 rings (SSSR count). The Morgan fingerprint density at radius 1 is 1.21 bits per heavy atom. The summed E-state index contributed by atoms with van der Waals surface area (Å²) in [7, 11) is 0. The van der Waals surface area contributed by atoms with Gasteiger partial charge in [0.25, 0.3) is 5.91 Å². The van der Waals surface area contributed by atoms with Gasteiger partial charge in [0.05, 0.1) is 35.0 Å². The summed E-state index contributed by atoms with van der Waals surface area (Å²) in [6.07, 6.45) is 1.54. The number of para-hydroxylation sites is 1. The summed E-state index contributed by atoms with van der Waals surface area (Å²) in [6, 6.07) is 11.2. The van der Waals surface area contributed by atoms with E-state index < -0.39 is 11.9 Å². The van der Waals surface area contributed by atoms with Gasteiger partial charge >= 0.3 is 0 Å². The maximum absolute atomic E-state index is 12.4. The molecule has 0 saturated carbocycles. The number of rotatable bonds is 5. The van der Waals surface area contributed by atoms with Gasteiger partial charge in [-0.3, -0.25) is 14.4 Å². The number of nitrogens with zero attached hydrogens (tertiary/aromatic N) is 2. The van der Waals surface area contributed by atoms with Crippen molar-refractivity contribution in [2.45, 2.75) is 19.0 Å². The topological polar surface area (TPSA) is 105 Å². The monoisotopic (exact) mass is 411 g/mol. The van der Waals surface area contributed by atoms with Crippen LogP contribution in [0.2, 0.25) is 5.02 Å². The first-order valence-corrected chi connectivity index (χ1v) is 9.47. The standard InChI is InChI=1S/C20H18ClN5O3/c21-12-5-6-17-15(9-12)23-11-26(17)8-7-22-18(27)10-16-20(29)24-14-4-2-1-3-13(14)19(28)25-16/h1-6,9,11,16H,7-8,10H2,(H,22,27)(H,24,29)(H,25,28)/t16-/m1/s1. The van der Waals surface area contributed by atoms with E-state index in [9.17, 15) is 14.4 Å². The van der Waals surface area contributed by atoms with Gasteiger partial charge in [-0.15, -0.1) is 0 Å². The lowest BCUT2D eigenvalue weighted by Gasteiger charge is -2.14. The third kappa shape index (κ3) is 4.07. The number of aromatic nitrogens is 2. The van der Waals surface area contributed by atoms with E-state index in [1.54, 1.807) is 42.7 Å². The summed E-state index contributed by atoms with van der Waals surface area (Å²) < 4.78 is 1.91. The van der Waals surface area contributed by atoms with Gasteiger partial charge in [0.15, 0.2) is 0 Å². The van der Waals surface area contributed by atoms with E-state index in [4.69, 9.17) is 11.6 Å². The first kappa shape index (κ1) is 18.9. The zero-order chi connectivity index (χ0) is 20.4. The summed E-state index contributed by atoms with van der Waals surface area (Å²) in [5.74, 6) is -1.14. The molecule has 0 spiro atoms. The highest BCUT2D eigenvalue weighted by atomic mass is 35.5. The molecule has 0 fully saturated rings. The van der Waals surface area contributed by atoms with Crippen LogP contribution in [0.1, 0.15) is 16.8 Å². The smallest absolute Gasteiger partial charge is 0.254 e. The highest BCUT2D eigenvalue weighted by Gasteiger charge is 2.29. The van der Waals surface area contributed by atoms with Gasteiger partial charge < -0.3 is 20.5 Å². The number of carbonyl (C=O) groups excluding carboxylic acids is 3. The molecule has 29 heavy (non-hydrogen) atoms. The van der Waals surface area contributed by atoms with Crippen LogP contribution in [0.25, 0.3) is 11.0 Å². The van der Waals surface area contributed by atoms with E-state index in [0.29, 0.717) is 29.4 Å². The third-order valence-corrected chi connectivity index (χ3v) is 4.93. The predicted molar refractivity (Wildman–Crippen MR) is 109 cm³/mol. The molecule has 1 aliphatic heterocycles. The predicted octanol–water partition coefficient (Wildman–Crippen LogP) is 1.95. The second-order valence-corrected chi connectivity index (χ2v) is 7.12. The molecule has 0 unspecified atom stereocenters. The maximum atomic E-state index is 12.4. The molecule has 3 N–H and O–H groups in total. The molecule has 2 heterocycles. The lowest BCUT2D eigenvalue weighted by atomic mass is 10.1. The highest BCUT2D eigenvalue weighted by Crippen LogP contribution is 2.19. The third-order valence-electron chi connectivity index (χ3n) is 4.70. The average molecular weight is 412 g/mol. The molecule has 3 amide bonds. The molecule has 8 nitrogen and oxygen atoms in total. The van der Waals surface area contributed by atoms with Crippen molar-refractivity contribution < 1.29 is 14.4 Å². The van der Waals surface area contributed by atoms with Crippen LogP contribution in [0.15, 0.2) is 48.8 Å². The van der Waals surface area contributed by atoms with Crippen LogP contribution >= 0.6 is 11.6 Å². The Morgan fingerprint density at radius 3 is 2.90 bits per heavy atom. The van der Waals surface area contributed by atoms with Crippen molar-refractivity contribution in [2.24, 2.45) is 0 Å². The van der Waals surface area contributed by atoms with Gasteiger partial charge in [0, 0.05) is 18.1 Å². The molecule has 0 saturated heterocycles. The normalized spacial score (nSPS) is 16.0. The van der Waals surface area contributed by atoms with Crippen molar-refractivity contribution in [3.05, 3.63) is 59.4 Å². The Morgan fingerprint density at radius 2 is 2.03 bits per heavy atom. The quantitative estimate of drug-likeness (QED) is 0.596. The van der Waals surface area contributed by atoms with Crippen molar-refractivity contribution >= 4 is 46.0 Å². The molecular formula is C20H18ClN5O3. The number of hydrogen-bond acceptors (Lipinski definition) is 4. The molecule has 0 aliphatic carbocycles. The number of anilines is 1. The molecule has 1 aliphatic rings. The van der Waals surface area contributed by atoms with Gasteiger partial charge in [0.1, 0.15) is 6.04 Å². The second-order valence-electron chi connectivity index (χ2n) is 6.69. The van der Waals surface area contributed by atoms with Crippen molar-refractivity contribution in [2.75, 3.05) is 11.9 Å². The Bertz CT molecular complexity index is 1110. The van der Waals surface area contributed by atoms with E-state index in [2.05, 4.69) is 20.9 Å². The number of halogens is 1. The fraction of sp³-hybridized carbons (Fsp3) is 0.200. The Kier molecular flexibility index (Phi) is 5.18. The van der Waals surface area contributed by atoms with Crippen molar-refractivity contribution in [3.8, 4) is 0 Å². The molecule has 0 radical (unpaired) electrons. The van der Waals surface area contributed by atoms with Gasteiger partial charge in [0.2, 0.25) is 11.8 Å². The average Bonchev–Trinajstić information content (AvgIpc) is 3.04. The number of amides is 3. The Labute approximate surface area is 171 Å². The second kappa shape index (κ2) is 7.92. The Balaban J connectivity index is 1.34. The molecule has 9 heteroatoms. The fourth-order valence-electron chi connectivity index (χ4n) is 3.24. The van der Waals surface area contributed by atoms with E-state index in [1.807, 2.05) is 10.6 Å². The summed E-state index contributed by atoms with van der Waals surface area (Å²) in [6.45, 7) is 0.869. The highest BCUT2D eigenvalue weighted by molar-refractivity contribution is 6.31. The minimum Gasteiger partial charge on any atom is -0.354 e. The fourth-order valence-corrected chi connectivity index (χ4v) is 3.41. The zero-order valence-corrected chi connectivity index (χ0v) is 16.1. The number of carbonyl (C=O) groups is 3. The van der Waals surface area contributed by atoms with Crippen LogP contribution in [0.5, 0.6) is 0 Å². The molecule has 2 aromatic carbocycles. The van der Waals surface area contributed by atoms with Crippen LogP contribution in [-0.2, 0) is 16.1 Å². The molecule has 1 aromatic heterocycles.